The van der Waals surface area contributed by atoms with Gasteiger partial charge in [-0.1, -0.05) is 53.8 Å². The van der Waals surface area contributed by atoms with Crippen molar-refractivity contribution in [3.8, 4) is 0 Å². The first kappa shape index (κ1) is 25.5. The molecular formula is C31H29N3O3S2. The van der Waals surface area contributed by atoms with Gasteiger partial charge in [-0.2, -0.15) is 0 Å². The Morgan fingerprint density at radius 3 is 2.59 bits per heavy atom. The highest BCUT2D eigenvalue weighted by atomic mass is 32.1. The fourth-order valence-electron chi connectivity index (χ4n) is 5.29. The molecule has 0 amide bonds. The maximum absolute atomic E-state index is 14.0. The lowest BCUT2D eigenvalue weighted by molar-refractivity contribution is -0.138. The van der Waals surface area contributed by atoms with Crippen LogP contribution in [-0.2, 0) is 9.53 Å². The first-order valence-corrected chi connectivity index (χ1v) is 14.9. The molecule has 39 heavy (non-hydrogen) atoms. The van der Waals surface area contributed by atoms with Crippen molar-refractivity contribution in [3.63, 3.8) is 0 Å². The Morgan fingerprint density at radius 1 is 1.10 bits per heavy atom. The summed E-state index contributed by atoms with van der Waals surface area (Å²) in [7, 11) is 0. The van der Waals surface area contributed by atoms with E-state index in [9.17, 15) is 9.59 Å². The Hall–Kier alpha value is -3.75. The highest BCUT2D eigenvalue weighted by Gasteiger charge is 2.35. The SMILES string of the molecule is CCOC(=O)C1=C(c2ccccc2)N=c2s/c(=C/c3ccc(N4CCCC4)cc3C)c(=O)n2[C@@H]1c1cccs1. The molecule has 4 heterocycles. The number of nitrogens with zero attached hydrogens (tertiary/aromatic N) is 3. The summed E-state index contributed by atoms with van der Waals surface area (Å²) in [6.45, 7) is 6.29. The fraction of sp³-hybridized carbons (Fsp3) is 0.258. The Kier molecular flexibility index (Phi) is 7.06. The summed E-state index contributed by atoms with van der Waals surface area (Å²) < 4.78 is 7.76. The van der Waals surface area contributed by atoms with Gasteiger partial charge in [0.15, 0.2) is 4.80 Å². The van der Waals surface area contributed by atoms with Crippen molar-refractivity contribution < 1.29 is 9.53 Å². The molecule has 1 saturated heterocycles. The normalized spacial score (nSPS) is 17.3. The van der Waals surface area contributed by atoms with Crippen LogP contribution in [0, 0.1) is 6.92 Å². The van der Waals surface area contributed by atoms with Crippen LogP contribution in [0.25, 0.3) is 11.8 Å². The van der Waals surface area contributed by atoms with E-state index in [4.69, 9.17) is 9.73 Å². The number of carbonyl (C=O) groups excluding carboxylic acids is 1. The largest absolute Gasteiger partial charge is 0.463 e. The van der Waals surface area contributed by atoms with Crippen LogP contribution in [0.1, 0.15) is 47.4 Å². The van der Waals surface area contributed by atoms with Crippen LogP contribution >= 0.6 is 22.7 Å². The van der Waals surface area contributed by atoms with Crippen molar-refractivity contribution >= 4 is 46.1 Å². The molecule has 6 nitrogen and oxygen atoms in total. The van der Waals surface area contributed by atoms with Crippen molar-refractivity contribution in [2.45, 2.75) is 32.7 Å². The minimum absolute atomic E-state index is 0.158. The molecule has 1 fully saturated rings. The van der Waals surface area contributed by atoms with Crippen LogP contribution in [0.3, 0.4) is 0 Å². The number of esters is 1. The summed E-state index contributed by atoms with van der Waals surface area (Å²) in [6.07, 6.45) is 4.41. The molecule has 0 aliphatic carbocycles. The van der Waals surface area contributed by atoms with Crippen molar-refractivity contribution in [2.24, 2.45) is 4.99 Å². The summed E-state index contributed by atoms with van der Waals surface area (Å²) in [5.74, 6) is -0.457. The van der Waals surface area contributed by atoms with E-state index in [1.807, 2.05) is 53.9 Å². The van der Waals surface area contributed by atoms with Crippen molar-refractivity contribution in [2.75, 3.05) is 24.6 Å². The number of benzene rings is 2. The highest BCUT2D eigenvalue weighted by Crippen LogP contribution is 2.36. The number of aromatic nitrogens is 1. The number of hydrogen-bond acceptors (Lipinski definition) is 7. The van der Waals surface area contributed by atoms with Crippen LogP contribution < -0.4 is 19.8 Å². The van der Waals surface area contributed by atoms with Gasteiger partial charge < -0.3 is 9.64 Å². The standard InChI is InChI=1S/C31H29N3O3S2/c1-3-37-30(36)26-27(21-10-5-4-6-11-21)32-31-34(28(26)24-12-9-17-38-24)29(35)25(39-31)19-22-13-14-23(18-20(22)2)33-15-7-8-16-33/h4-6,9-14,17-19,28H,3,7-8,15-16H2,1-2H3/b25-19+/t28-/m1/s1. The number of carbonyl (C=O) groups is 1. The van der Waals surface area contributed by atoms with E-state index in [2.05, 4.69) is 30.0 Å². The average Bonchev–Trinajstić information content (AvgIpc) is 3.73. The molecule has 2 aromatic heterocycles. The maximum Gasteiger partial charge on any atom is 0.338 e. The minimum atomic E-state index is -0.615. The number of thiophene rings is 1. The molecule has 0 radical (unpaired) electrons. The summed E-state index contributed by atoms with van der Waals surface area (Å²) >= 11 is 2.87. The van der Waals surface area contributed by atoms with Crippen molar-refractivity contribution in [1.29, 1.82) is 0 Å². The number of anilines is 1. The van der Waals surface area contributed by atoms with Crippen LogP contribution in [0.2, 0.25) is 0 Å². The third-order valence-electron chi connectivity index (χ3n) is 7.20. The number of fused-ring (bicyclic) bond motifs is 1. The fourth-order valence-corrected chi connectivity index (χ4v) is 7.11. The molecule has 2 aromatic carbocycles. The van der Waals surface area contributed by atoms with Gasteiger partial charge in [0.2, 0.25) is 0 Å². The molecule has 0 saturated carbocycles. The molecule has 198 valence electrons. The van der Waals surface area contributed by atoms with Gasteiger partial charge in [0.05, 0.1) is 22.4 Å². The smallest absolute Gasteiger partial charge is 0.338 e. The zero-order valence-electron chi connectivity index (χ0n) is 21.9. The van der Waals surface area contributed by atoms with E-state index in [0.29, 0.717) is 20.6 Å². The quantitative estimate of drug-likeness (QED) is 0.318. The number of rotatable bonds is 6. The molecule has 8 heteroatoms. The Bertz CT molecular complexity index is 1730. The Morgan fingerprint density at radius 2 is 1.90 bits per heavy atom. The second-order valence-electron chi connectivity index (χ2n) is 9.68. The molecule has 0 N–H and O–H groups in total. The average molecular weight is 556 g/mol. The third kappa shape index (κ3) is 4.79. The third-order valence-corrected chi connectivity index (χ3v) is 9.11. The van der Waals surface area contributed by atoms with Gasteiger partial charge in [-0.3, -0.25) is 9.36 Å². The van der Waals surface area contributed by atoms with E-state index in [-0.39, 0.29) is 12.2 Å². The second-order valence-corrected chi connectivity index (χ2v) is 11.7. The number of hydrogen-bond donors (Lipinski definition) is 0. The first-order chi connectivity index (χ1) is 19.0. The molecule has 4 aromatic rings. The summed E-state index contributed by atoms with van der Waals surface area (Å²) in [6, 6.07) is 19.4. The molecule has 2 aliphatic rings. The van der Waals surface area contributed by atoms with Gasteiger partial charge in [0, 0.05) is 29.2 Å². The van der Waals surface area contributed by atoms with E-state index in [1.54, 1.807) is 11.5 Å². The first-order valence-electron chi connectivity index (χ1n) is 13.2. The van der Waals surface area contributed by atoms with Crippen molar-refractivity contribution in [3.05, 3.63) is 113 Å². The number of thiazole rings is 1. The van der Waals surface area contributed by atoms with Gasteiger partial charge in [0.1, 0.15) is 6.04 Å². The van der Waals surface area contributed by atoms with Crippen LogP contribution in [0.15, 0.2) is 81.4 Å². The summed E-state index contributed by atoms with van der Waals surface area (Å²) in [4.78, 5) is 36.2. The van der Waals surface area contributed by atoms with Gasteiger partial charge in [0.25, 0.3) is 5.56 Å². The van der Waals surface area contributed by atoms with Crippen molar-refractivity contribution in [1.82, 2.24) is 4.57 Å². The Balaban J connectivity index is 1.54. The monoisotopic (exact) mass is 555 g/mol. The molecular weight excluding hydrogens is 526 g/mol. The van der Waals surface area contributed by atoms with Crippen LogP contribution in [0.4, 0.5) is 5.69 Å². The Labute approximate surface area is 234 Å². The zero-order valence-corrected chi connectivity index (χ0v) is 23.6. The molecule has 6 rings (SSSR count). The molecule has 1 atom stereocenters. The van der Waals surface area contributed by atoms with Crippen LogP contribution in [0.5, 0.6) is 0 Å². The lowest BCUT2D eigenvalue weighted by atomic mass is 9.97. The maximum atomic E-state index is 14.0. The minimum Gasteiger partial charge on any atom is -0.463 e. The van der Waals surface area contributed by atoms with Gasteiger partial charge in [-0.25, -0.2) is 9.79 Å². The predicted octanol–water partition coefficient (Wildman–Crippen LogP) is 4.91. The van der Waals surface area contributed by atoms with E-state index < -0.39 is 12.0 Å². The second kappa shape index (κ2) is 10.8. The van der Waals surface area contributed by atoms with E-state index >= 15 is 0 Å². The topological polar surface area (TPSA) is 63.9 Å². The molecule has 0 bridgehead atoms. The molecule has 0 unspecified atom stereocenters. The highest BCUT2D eigenvalue weighted by molar-refractivity contribution is 7.10. The summed E-state index contributed by atoms with van der Waals surface area (Å²) in [5, 5.41) is 1.96. The van der Waals surface area contributed by atoms with Gasteiger partial charge in [-0.15, -0.1) is 11.3 Å². The predicted molar refractivity (Wildman–Crippen MR) is 158 cm³/mol. The lowest BCUT2D eigenvalue weighted by Gasteiger charge is -2.24. The van der Waals surface area contributed by atoms with E-state index in [0.717, 1.165) is 34.7 Å². The number of aryl methyl sites for hydroxylation is 1. The molecule has 0 spiro atoms. The molecule has 2 aliphatic heterocycles. The number of ether oxygens (including phenoxy) is 1. The van der Waals surface area contributed by atoms with Gasteiger partial charge >= 0.3 is 5.97 Å². The van der Waals surface area contributed by atoms with Crippen LogP contribution in [-0.4, -0.2) is 30.2 Å². The zero-order chi connectivity index (χ0) is 26.9. The lowest BCUT2D eigenvalue weighted by Crippen LogP contribution is -2.39. The van der Waals surface area contributed by atoms with E-state index in [1.165, 1.54) is 41.2 Å². The summed E-state index contributed by atoms with van der Waals surface area (Å²) in [5.41, 5.74) is 4.94. The van der Waals surface area contributed by atoms with Gasteiger partial charge in [-0.05, 0) is 67.5 Å².